The maximum absolute atomic E-state index is 5.70. The predicted molar refractivity (Wildman–Crippen MR) is 73.1 cm³/mol. The van der Waals surface area contributed by atoms with Crippen molar-refractivity contribution in [1.82, 2.24) is 9.97 Å². The molecular weight excluding hydrogens is 228 g/mol. The van der Waals surface area contributed by atoms with Gasteiger partial charge in [-0.1, -0.05) is 0 Å². The molecule has 2 rings (SSSR count). The Morgan fingerprint density at radius 1 is 1.44 bits per heavy atom. The molecule has 1 aliphatic heterocycles. The van der Waals surface area contributed by atoms with Crippen molar-refractivity contribution in [1.29, 1.82) is 0 Å². The SMILES string of the molecule is CN(C)c1nccc(NCCC2CCCCO2)n1. The first-order chi connectivity index (χ1) is 8.75. The molecule has 1 atom stereocenters. The van der Waals surface area contributed by atoms with Gasteiger partial charge in [-0.05, 0) is 31.7 Å². The van der Waals surface area contributed by atoms with Gasteiger partial charge in [0, 0.05) is 33.4 Å². The molecule has 0 saturated carbocycles. The van der Waals surface area contributed by atoms with E-state index >= 15 is 0 Å². The van der Waals surface area contributed by atoms with E-state index in [4.69, 9.17) is 4.74 Å². The average molecular weight is 250 g/mol. The van der Waals surface area contributed by atoms with E-state index < -0.39 is 0 Å². The maximum atomic E-state index is 5.70. The van der Waals surface area contributed by atoms with Gasteiger partial charge in [0.15, 0.2) is 0 Å². The number of rotatable bonds is 5. The summed E-state index contributed by atoms with van der Waals surface area (Å²) in [7, 11) is 3.88. The molecular formula is C13H22N4O. The average Bonchev–Trinajstić information content (AvgIpc) is 2.40. The van der Waals surface area contributed by atoms with Gasteiger partial charge >= 0.3 is 0 Å². The molecule has 1 aromatic heterocycles. The van der Waals surface area contributed by atoms with Gasteiger partial charge in [0.2, 0.25) is 5.95 Å². The number of hydrogen-bond donors (Lipinski definition) is 1. The van der Waals surface area contributed by atoms with Crippen molar-refractivity contribution in [2.45, 2.75) is 31.8 Å². The number of ether oxygens (including phenoxy) is 1. The van der Waals surface area contributed by atoms with Crippen LogP contribution in [0.5, 0.6) is 0 Å². The van der Waals surface area contributed by atoms with Crippen LogP contribution in [0, 0.1) is 0 Å². The fourth-order valence-corrected chi connectivity index (χ4v) is 2.06. The minimum atomic E-state index is 0.418. The lowest BCUT2D eigenvalue weighted by atomic mass is 10.1. The van der Waals surface area contributed by atoms with E-state index in [1.165, 1.54) is 19.3 Å². The highest BCUT2D eigenvalue weighted by atomic mass is 16.5. The molecule has 5 heteroatoms. The van der Waals surface area contributed by atoms with E-state index in [0.29, 0.717) is 6.10 Å². The van der Waals surface area contributed by atoms with Crippen molar-refractivity contribution < 1.29 is 4.74 Å². The van der Waals surface area contributed by atoms with Crippen molar-refractivity contribution in [2.75, 3.05) is 37.5 Å². The van der Waals surface area contributed by atoms with Crippen molar-refractivity contribution in [3.63, 3.8) is 0 Å². The van der Waals surface area contributed by atoms with E-state index in [9.17, 15) is 0 Å². The van der Waals surface area contributed by atoms with Crippen LogP contribution in [-0.2, 0) is 4.74 Å². The minimum absolute atomic E-state index is 0.418. The maximum Gasteiger partial charge on any atom is 0.226 e. The molecule has 1 saturated heterocycles. The minimum Gasteiger partial charge on any atom is -0.378 e. The summed E-state index contributed by atoms with van der Waals surface area (Å²) in [5.74, 6) is 1.61. The first-order valence-corrected chi connectivity index (χ1v) is 6.61. The summed E-state index contributed by atoms with van der Waals surface area (Å²) in [5, 5.41) is 3.33. The van der Waals surface area contributed by atoms with Crippen molar-refractivity contribution >= 4 is 11.8 Å². The van der Waals surface area contributed by atoms with E-state index in [-0.39, 0.29) is 0 Å². The molecule has 1 aromatic rings. The first kappa shape index (κ1) is 13.1. The fourth-order valence-electron chi connectivity index (χ4n) is 2.06. The zero-order valence-electron chi connectivity index (χ0n) is 11.2. The molecule has 0 aliphatic carbocycles. The van der Waals surface area contributed by atoms with Crippen LogP contribution in [-0.4, -0.2) is 43.3 Å². The number of anilines is 2. The van der Waals surface area contributed by atoms with Crippen molar-refractivity contribution in [3.05, 3.63) is 12.3 Å². The van der Waals surface area contributed by atoms with E-state index in [1.807, 2.05) is 25.1 Å². The second kappa shape index (κ2) is 6.54. The molecule has 5 nitrogen and oxygen atoms in total. The molecule has 0 bridgehead atoms. The molecule has 1 aliphatic rings. The van der Waals surface area contributed by atoms with Crippen LogP contribution in [0.1, 0.15) is 25.7 Å². The smallest absolute Gasteiger partial charge is 0.226 e. The second-order valence-corrected chi connectivity index (χ2v) is 4.84. The zero-order valence-corrected chi connectivity index (χ0v) is 11.2. The number of hydrogen-bond acceptors (Lipinski definition) is 5. The third-order valence-electron chi connectivity index (χ3n) is 3.09. The van der Waals surface area contributed by atoms with Crippen LogP contribution in [0.15, 0.2) is 12.3 Å². The van der Waals surface area contributed by atoms with Crippen LogP contribution in [0.3, 0.4) is 0 Å². The van der Waals surface area contributed by atoms with Gasteiger partial charge in [-0.15, -0.1) is 0 Å². The largest absolute Gasteiger partial charge is 0.378 e. The third kappa shape index (κ3) is 3.84. The van der Waals surface area contributed by atoms with Crippen LogP contribution >= 0.6 is 0 Å². The standard InChI is InChI=1S/C13H22N4O/c1-17(2)13-15-9-7-12(16-13)14-8-6-11-5-3-4-10-18-11/h7,9,11H,3-6,8,10H2,1-2H3,(H,14,15,16). The lowest BCUT2D eigenvalue weighted by molar-refractivity contribution is 0.0134. The molecule has 100 valence electrons. The first-order valence-electron chi connectivity index (χ1n) is 6.61. The van der Waals surface area contributed by atoms with Crippen LogP contribution in [0.4, 0.5) is 11.8 Å². The normalized spacial score (nSPS) is 19.6. The lowest BCUT2D eigenvalue weighted by Crippen LogP contribution is -2.22. The second-order valence-electron chi connectivity index (χ2n) is 4.84. The number of aromatic nitrogens is 2. The van der Waals surface area contributed by atoms with Gasteiger partial charge in [0.25, 0.3) is 0 Å². The summed E-state index contributed by atoms with van der Waals surface area (Å²) in [5.41, 5.74) is 0. The molecule has 2 heterocycles. The Hall–Kier alpha value is -1.36. The summed E-state index contributed by atoms with van der Waals surface area (Å²) < 4.78 is 5.70. The molecule has 0 radical (unpaired) electrons. The fraction of sp³-hybridized carbons (Fsp3) is 0.692. The molecule has 1 N–H and O–H groups in total. The Morgan fingerprint density at radius 2 is 2.33 bits per heavy atom. The monoisotopic (exact) mass is 250 g/mol. The van der Waals surface area contributed by atoms with E-state index in [2.05, 4.69) is 15.3 Å². The molecule has 18 heavy (non-hydrogen) atoms. The van der Waals surface area contributed by atoms with Gasteiger partial charge < -0.3 is 15.0 Å². The van der Waals surface area contributed by atoms with Crippen LogP contribution in [0.2, 0.25) is 0 Å². The van der Waals surface area contributed by atoms with E-state index in [0.717, 1.165) is 31.3 Å². The number of nitrogens with one attached hydrogen (secondary N) is 1. The van der Waals surface area contributed by atoms with Gasteiger partial charge in [-0.25, -0.2) is 4.98 Å². The van der Waals surface area contributed by atoms with E-state index in [1.54, 1.807) is 6.20 Å². The van der Waals surface area contributed by atoms with Gasteiger partial charge in [0.1, 0.15) is 5.82 Å². The molecule has 1 fully saturated rings. The molecule has 1 unspecified atom stereocenters. The highest BCUT2D eigenvalue weighted by molar-refractivity contribution is 5.40. The summed E-state index contributed by atoms with van der Waals surface area (Å²) in [4.78, 5) is 10.5. The Bertz CT molecular complexity index is 364. The predicted octanol–water partition coefficient (Wildman–Crippen LogP) is 1.91. The van der Waals surface area contributed by atoms with Gasteiger partial charge in [-0.3, -0.25) is 0 Å². The lowest BCUT2D eigenvalue weighted by Gasteiger charge is -2.22. The summed E-state index contributed by atoms with van der Waals surface area (Å²) in [6.07, 6.45) is 6.93. The highest BCUT2D eigenvalue weighted by Crippen LogP contribution is 2.16. The Morgan fingerprint density at radius 3 is 3.06 bits per heavy atom. The highest BCUT2D eigenvalue weighted by Gasteiger charge is 2.13. The van der Waals surface area contributed by atoms with Gasteiger partial charge in [-0.2, -0.15) is 4.98 Å². The van der Waals surface area contributed by atoms with Crippen molar-refractivity contribution in [2.24, 2.45) is 0 Å². The summed E-state index contributed by atoms with van der Waals surface area (Å²) >= 11 is 0. The summed E-state index contributed by atoms with van der Waals surface area (Å²) in [6.45, 7) is 1.82. The quantitative estimate of drug-likeness (QED) is 0.865. The Balaban J connectivity index is 1.77. The Kier molecular flexibility index (Phi) is 4.75. The summed E-state index contributed by atoms with van der Waals surface area (Å²) in [6, 6.07) is 1.90. The molecule has 0 spiro atoms. The molecule has 0 aromatic carbocycles. The molecule has 0 amide bonds. The zero-order chi connectivity index (χ0) is 12.8. The van der Waals surface area contributed by atoms with Crippen LogP contribution in [0.25, 0.3) is 0 Å². The number of nitrogens with zero attached hydrogens (tertiary/aromatic N) is 3. The van der Waals surface area contributed by atoms with Gasteiger partial charge in [0.05, 0.1) is 6.10 Å². The Labute approximate surface area is 109 Å². The van der Waals surface area contributed by atoms with Crippen LogP contribution < -0.4 is 10.2 Å². The third-order valence-corrected chi connectivity index (χ3v) is 3.09. The van der Waals surface area contributed by atoms with Crippen molar-refractivity contribution in [3.8, 4) is 0 Å². The topological polar surface area (TPSA) is 50.3 Å².